The molecule has 1 aliphatic carbocycles. The van der Waals surface area contributed by atoms with Crippen LogP contribution in [0.2, 0.25) is 0 Å². The first-order valence-electron chi connectivity index (χ1n) is 7.91. The van der Waals surface area contributed by atoms with Crippen molar-refractivity contribution in [2.75, 3.05) is 13.1 Å². The maximum absolute atomic E-state index is 12.8. The fraction of sp³-hybridized carbons (Fsp3) is 0.588. The molecule has 0 saturated heterocycles. The van der Waals surface area contributed by atoms with Gasteiger partial charge in [-0.3, -0.25) is 4.79 Å². The summed E-state index contributed by atoms with van der Waals surface area (Å²) in [5.74, 6) is -0.784. The SMILES string of the molecule is Cc1ccc(CCN(CC(F)(F)F)C(=O)C2CCC(N)C2)cc1.Cl. The fourth-order valence-corrected chi connectivity index (χ4v) is 3.00. The molecule has 0 aliphatic heterocycles. The van der Waals surface area contributed by atoms with Gasteiger partial charge in [0.05, 0.1) is 0 Å². The van der Waals surface area contributed by atoms with Gasteiger partial charge in [-0.15, -0.1) is 12.4 Å². The molecule has 136 valence electrons. The van der Waals surface area contributed by atoms with Gasteiger partial charge >= 0.3 is 6.18 Å². The Bertz CT molecular complexity index is 534. The number of nitrogens with zero attached hydrogens (tertiary/aromatic N) is 1. The molecule has 1 fully saturated rings. The highest BCUT2D eigenvalue weighted by molar-refractivity contribution is 5.85. The Hall–Kier alpha value is -1.27. The van der Waals surface area contributed by atoms with E-state index in [1.54, 1.807) is 0 Å². The highest BCUT2D eigenvalue weighted by Gasteiger charge is 2.37. The van der Waals surface area contributed by atoms with E-state index in [-0.39, 0.29) is 30.9 Å². The van der Waals surface area contributed by atoms with E-state index in [1.165, 1.54) is 0 Å². The highest BCUT2D eigenvalue weighted by atomic mass is 35.5. The van der Waals surface area contributed by atoms with E-state index in [2.05, 4.69) is 0 Å². The minimum Gasteiger partial charge on any atom is -0.333 e. The van der Waals surface area contributed by atoms with Crippen LogP contribution in [0.15, 0.2) is 24.3 Å². The normalized spacial score (nSPS) is 20.5. The molecule has 3 nitrogen and oxygen atoms in total. The van der Waals surface area contributed by atoms with Gasteiger partial charge in [0.1, 0.15) is 6.54 Å². The molecule has 0 radical (unpaired) electrons. The quantitative estimate of drug-likeness (QED) is 0.869. The smallest absolute Gasteiger partial charge is 0.333 e. The van der Waals surface area contributed by atoms with Crippen molar-refractivity contribution in [3.63, 3.8) is 0 Å². The van der Waals surface area contributed by atoms with Gasteiger partial charge in [-0.2, -0.15) is 13.2 Å². The number of carbonyl (C=O) groups is 1. The van der Waals surface area contributed by atoms with E-state index < -0.39 is 18.6 Å². The van der Waals surface area contributed by atoms with E-state index in [4.69, 9.17) is 5.73 Å². The van der Waals surface area contributed by atoms with Gasteiger partial charge in [0.25, 0.3) is 0 Å². The molecule has 1 aliphatic rings. The molecular formula is C17H24ClF3N2O. The molecule has 0 heterocycles. The summed E-state index contributed by atoms with van der Waals surface area (Å²) in [6, 6.07) is 7.53. The van der Waals surface area contributed by atoms with Crippen LogP contribution in [0.1, 0.15) is 30.4 Å². The average molecular weight is 365 g/mol. The summed E-state index contributed by atoms with van der Waals surface area (Å²) in [4.78, 5) is 13.4. The van der Waals surface area contributed by atoms with Crippen molar-refractivity contribution in [1.82, 2.24) is 4.90 Å². The summed E-state index contributed by atoms with van der Waals surface area (Å²) >= 11 is 0. The number of nitrogens with two attached hydrogens (primary N) is 1. The molecule has 2 atom stereocenters. The molecule has 0 aromatic heterocycles. The summed E-state index contributed by atoms with van der Waals surface area (Å²) in [5, 5.41) is 0. The summed E-state index contributed by atoms with van der Waals surface area (Å²) < 4.78 is 38.4. The lowest BCUT2D eigenvalue weighted by atomic mass is 10.0. The average Bonchev–Trinajstić information content (AvgIpc) is 2.90. The largest absolute Gasteiger partial charge is 0.406 e. The molecule has 2 unspecified atom stereocenters. The number of hydrogen-bond donors (Lipinski definition) is 1. The van der Waals surface area contributed by atoms with Crippen LogP contribution in [0.25, 0.3) is 0 Å². The topological polar surface area (TPSA) is 46.3 Å². The van der Waals surface area contributed by atoms with Crippen molar-refractivity contribution < 1.29 is 18.0 Å². The molecule has 0 spiro atoms. The third-order valence-corrected chi connectivity index (χ3v) is 4.30. The third-order valence-electron chi connectivity index (χ3n) is 4.30. The van der Waals surface area contributed by atoms with Crippen LogP contribution in [0.5, 0.6) is 0 Å². The molecule has 1 amide bonds. The van der Waals surface area contributed by atoms with E-state index in [1.807, 2.05) is 31.2 Å². The Kier molecular flexibility index (Phi) is 7.55. The van der Waals surface area contributed by atoms with E-state index in [0.717, 1.165) is 16.0 Å². The molecule has 1 aromatic carbocycles. The van der Waals surface area contributed by atoms with Crippen LogP contribution in [-0.2, 0) is 11.2 Å². The number of benzene rings is 1. The molecule has 2 rings (SSSR count). The summed E-state index contributed by atoms with van der Waals surface area (Å²) in [6.45, 7) is 0.836. The second-order valence-electron chi connectivity index (χ2n) is 6.38. The Labute approximate surface area is 146 Å². The number of rotatable bonds is 5. The van der Waals surface area contributed by atoms with Crippen LogP contribution in [0, 0.1) is 12.8 Å². The maximum atomic E-state index is 12.8. The zero-order valence-corrected chi connectivity index (χ0v) is 14.5. The predicted octanol–water partition coefficient (Wildman–Crippen LogP) is 3.48. The van der Waals surface area contributed by atoms with Crippen molar-refractivity contribution in [3.05, 3.63) is 35.4 Å². The van der Waals surface area contributed by atoms with Crippen LogP contribution in [0.3, 0.4) is 0 Å². The third kappa shape index (κ3) is 6.32. The van der Waals surface area contributed by atoms with Crippen LogP contribution in [-0.4, -0.2) is 36.1 Å². The lowest BCUT2D eigenvalue weighted by Crippen LogP contribution is -2.43. The number of alkyl halides is 3. The number of halogens is 4. The van der Waals surface area contributed by atoms with E-state index in [0.29, 0.717) is 25.7 Å². The molecule has 1 aromatic rings. The molecular weight excluding hydrogens is 341 g/mol. The zero-order valence-electron chi connectivity index (χ0n) is 13.7. The Morgan fingerprint density at radius 2 is 1.88 bits per heavy atom. The minimum atomic E-state index is -4.39. The Morgan fingerprint density at radius 3 is 2.38 bits per heavy atom. The van der Waals surface area contributed by atoms with Crippen molar-refractivity contribution >= 4 is 18.3 Å². The summed E-state index contributed by atoms with van der Waals surface area (Å²) in [5.41, 5.74) is 7.80. The number of hydrogen-bond acceptors (Lipinski definition) is 2. The van der Waals surface area contributed by atoms with Gasteiger partial charge in [0, 0.05) is 18.5 Å². The number of carbonyl (C=O) groups excluding carboxylic acids is 1. The lowest BCUT2D eigenvalue weighted by molar-refractivity contribution is -0.163. The maximum Gasteiger partial charge on any atom is 0.406 e. The minimum absolute atomic E-state index is 0. The van der Waals surface area contributed by atoms with Crippen molar-refractivity contribution in [2.45, 2.75) is 44.8 Å². The zero-order chi connectivity index (χ0) is 17.0. The number of aryl methyl sites for hydroxylation is 1. The molecule has 24 heavy (non-hydrogen) atoms. The standard InChI is InChI=1S/C17H23F3N2O.ClH/c1-12-2-4-13(5-3-12)8-9-22(11-17(18,19)20)16(23)14-6-7-15(21)10-14;/h2-5,14-15H,6-11,21H2,1H3;1H. The summed E-state index contributed by atoms with van der Waals surface area (Å²) in [6.07, 6.45) is -2.20. The van der Waals surface area contributed by atoms with Gasteiger partial charge in [-0.05, 0) is 38.2 Å². The fourth-order valence-electron chi connectivity index (χ4n) is 3.00. The lowest BCUT2D eigenvalue weighted by Gasteiger charge is -2.27. The molecule has 0 bridgehead atoms. The van der Waals surface area contributed by atoms with Gasteiger partial charge in [0.2, 0.25) is 5.91 Å². The first kappa shape index (κ1) is 20.8. The van der Waals surface area contributed by atoms with Gasteiger partial charge in [0.15, 0.2) is 0 Å². The van der Waals surface area contributed by atoms with Crippen molar-refractivity contribution in [3.8, 4) is 0 Å². The first-order chi connectivity index (χ1) is 10.7. The van der Waals surface area contributed by atoms with Crippen molar-refractivity contribution in [2.24, 2.45) is 11.7 Å². The van der Waals surface area contributed by atoms with Crippen LogP contribution in [0.4, 0.5) is 13.2 Å². The Morgan fingerprint density at radius 1 is 1.25 bits per heavy atom. The van der Waals surface area contributed by atoms with E-state index in [9.17, 15) is 18.0 Å². The van der Waals surface area contributed by atoms with E-state index >= 15 is 0 Å². The predicted molar refractivity (Wildman–Crippen MR) is 90.1 cm³/mol. The first-order valence-corrected chi connectivity index (χ1v) is 7.91. The monoisotopic (exact) mass is 364 g/mol. The van der Waals surface area contributed by atoms with Crippen LogP contribution >= 0.6 is 12.4 Å². The Balaban J connectivity index is 0.00000288. The number of amides is 1. The second-order valence-corrected chi connectivity index (χ2v) is 6.38. The second kappa shape index (κ2) is 8.72. The van der Waals surface area contributed by atoms with Gasteiger partial charge in [-0.25, -0.2) is 0 Å². The molecule has 7 heteroatoms. The van der Waals surface area contributed by atoms with Crippen molar-refractivity contribution in [1.29, 1.82) is 0 Å². The van der Waals surface area contributed by atoms with Gasteiger partial charge in [-0.1, -0.05) is 29.8 Å². The molecule has 2 N–H and O–H groups in total. The van der Waals surface area contributed by atoms with Crippen LogP contribution < -0.4 is 5.73 Å². The summed E-state index contributed by atoms with van der Waals surface area (Å²) in [7, 11) is 0. The van der Waals surface area contributed by atoms with Gasteiger partial charge < -0.3 is 10.6 Å². The highest BCUT2D eigenvalue weighted by Crippen LogP contribution is 2.27. The molecule has 1 saturated carbocycles.